The number of nitrogens with one attached hydrogen (secondary N) is 2. The van der Waals surface area contributed by atoms with E-state index in [0.29, 0.717) is 0 Å². The minimum atomic E-state index is -0.961. The number of hydrogen-bond donors (Lipinski definition) is 2. The van der Waals surface area contributed by atoms with E-state index in [9.17, 15) is 9.59 Å². The molecule has 2 N–H and O–H groups in total. The summed E-state index contributed by atoms with van der Waals surface area (Å²) in [6.45, 7) is 3.17. The third-order valence-electron chi connectivity index (χ3n) is 5.43. The molecule has 3 heterocycles. The van der Waals surface area contributed by atoms with E-state index in [1.54, 1.807) is 12.4 Å². The van der Waals surface area contributed by atoms with Gasteiger partial charge in [-0.1, -0.05) is 6.07 Å². The fraction of sp³-hybridized carbons (Fsp3) is 0.588. The summed E-state index contributed by atoms with van der Waals surface area (Å²) in [6, 6.07) is 3.30. The van der Waals surface area contributed by atoms with E-state index < -0.39 is 11.6 Å². The molecule has 3 fully saturated rings. The van der Waals surface area contributed by atoms with Crippen LogP contribution < -0.4 is 10.6 Å². The lowest BCUT2D eigenvalue weighted by Crippen LogP contribution is -2.53. The molecule has 1 aromatic heterocycles. The van der Waals surface area contributed by atoms with Crippen molar-refractivity contribution in [3.8, 4) is 0 Å². The highest BCUT2D eigenvalue weighted by molar-refractivity contribution is 6.07. The van der Waals surface area contributed by atoms with Crippen molar-refractivity contribution in [3.05, 3.63) is 30.1 Å². The van der Waals surface area contributed by atoms with E-state index in [0.717, 1.165) is 37.4 Å². The Morgan fingerprint density at radius 2 is 2.00 bits per heavy atom. The number of carbonyl (C=O) groups excluding carboxylic acids is 2. The van der Waals surface area contributed by atoms with Gasteiger partial charge >= 0.3 is 6.03 Å². The zero-order valence-corrected chi connectivity index (χ0v) is 13.1. The van der Waals surface area contributed by atoms with Crippen LogP contribution in [0.5, 0.6) is 0 Å². The van der Waals surface area contributed by atoms with E-state index in [1.165, 1.54) is 19.4 Å². The third-order valence-corrected chi connectivity index (χ3v) is 5.43. The molecule has 23 heavy (non-hydrogen) atoms. The minimum absolute atomic E-state index is 0.105. The highest BCUT2D eigenvalue weighted by atomic mass is 16.2. The maximum absolute atomic E-state index is 12.6. The quantitative estimate of drug-likeness (QED) is 0.820. The molecule has 122 valence electrons. The Hall–Kier alpha value is -1.95. The van der Waals surface area contributed by atoms with Gasteiger partial charge in [-0.05, 0) is 56.7 Å². The van der Waals surface area contributed by atoms with Crippen LogP contribution in [-0.4, -0.2) is 41.5 Å². The summed E-state index contributed by atoms with van der Waals surface area (Å²) in [6.07, 6.45) is 7.92. The van der Waals surface area contributed by atoms with Gasteiger partial charge < -0.3 is 10.2 Å². The number of aromatic nitrogens is 1. The molecule has 0 aromatic carbocycles. The average Bonchev–Trinajstić information content (AvgIpc) is 3.32. The molecule has 0 unspecified atom stereocenters. The second kappa shape index (κ2) is 5.60. The van der Waals surface area contributed by atoms with E-state index in [2.05, 4.69) is 20.5 Å². The van der Waals surface area contributed by atoms with Gasteiger partial charge in [0.15, 0.2) is 5.54 Å². The monoisotopic (exact) mass is 314 g/mol. The minimum Gasteiger partial charge on any atom is -0.319 e. The van der Waals surface area contributed by atoms with E-state index >= 15 is 0 Å². The van der Waals surface area contributed by atoms with Crippen LogP contribution in [0.1, 0.15) is 31.2 Å². The van der Waals surface area contributed by atoms with Crippen molar-refractivity contribution < 1.29 is 9.59 Å². The summed E-state index contributed by atoms with van der Waals surface area (Å²) in [5, 5.41) is 5.34. The number of carbonyl (C=O) groups is 2. The van der Waals surface area contributed by atoms with E-state index in [4.69, 9.17) is 0 Å². The predicted molar refractivity (Wildman–Crippen MR) is 84.5 cm³/mol. The van der Waals surface area contributed by atoms with E-state index in [1.807, 2.05) is 12.1 Å². The van der Waals surface area contributed by atoms with Crippen molar-refractivity contribution in [1.29, 1.82) is 0 Å². The number of hydrogen-bond acceptors (Lipinski definition) is 4. The molecule has 0 radical (unpaired) electrons. The molecule has 0 spiro atoms. The first-order valence-electron chi connectivity index (χ1n) is 8.45. The third kappa shape index (κ3) is 2.61. The number of rotatable bonds is 4. The van der Waals surface area contributed by atoms with Gasteiger partial charge in [-0.2, -0.15) is 0 Å². The predicted octanol–water partition coefficient (Wildman–Crippen LogP) is 1.24. The van der Waals surface area contributed by atoms with Crippen molar-refractivity contribution in [3.63, 3.8) is 0 Å². The van der Waals surface area contributed by atoms with Crippen molar-refractivity contribution in [2.45, 2.75) is 31.2 Å². The summed E-state index contributed by atoms with van der Waals surface area (Å²) in [5.41, 5.74) is -0.180. The van der Waals surface area contributed by atoms with Crippen molar-refractivity contribution in [2.75, 3.05) is 19.6 Å². The molecular formula is C17H22N4O2. The molecule has 6 heteroatoms. The number of imide groups is 1. The van der Waals surface area contributed by atoms with Crippen LogP contribution in [0.3, 0.4) is 0 Å². The number of likely N-dealkylation sites (tertiary alicyclic amines) is 1. The largest absolute Gasteiger partial charge is 0.322 e. The second-order valence-electron chi connectivity index (χ2n) is 6.98. The van der Waals surface area contributed by atoms with Gasteiger partial charge in [-0.25, -0.2) is 4.79 Å². The second-order valence-corrected chi connectivity index (χ2v) is 6.98. The van der Waals surface area contributed by atoms with Gasteiger partial charge in [-0.3, -0.25) is 15.1 Å². The molecule has 0 bridgehead atoms. The summed E-state index contributed by atoms with van der Waals surface area (Å²) in [5.74, 6) is 0.748. The van der Waals surface area contributed by atoms with Gasteiger partial charge in [0.2, 0.25) is 0 Å². The number of nitrogens with zero attached hydrogens (tertiary/aromatic N) is 2. The van der Waals surface area contributed by atoms with Gasteiger partial charge in [0, 0.05) is 24.5 Å². The van der Waals surface area contributed by atoms with Crippen molar-refractivity contribution in [1.82, 2.24) is 20.5 Å². The smallest absolute Gasteiger partial charge is 0.319 e. The molecule has 1 aromatic rings. The van der Waals surface area contributed by atoms with Gasteiger partial charge in [0.25, 0.3) is 5.91 Å². The Bertz CT molecular complexity index is 608. The molecule has 4 rings (SSSR count). The van der Waals surface area contributed by atoms with Gasteiger partial charge in [0.1, 0.15) is 0 Å². The molecule has 1 atom stereocenters. The summed E-state index contributed by atoms with van der Waals surface area (Å²) in [4.78, 5) is 31.1. The molecule has 3 amide bonds. The fourth-order valence-electron chi connectivity index (χ4n) is 4.01. The summed E-state index contributed by atoms with van der Waals surface area (Å²) >= 11 is 0. The number of piperidine rings is 1. The molecular weight excluding hydrogens is 292 g/mol. The Balaban J connectivity index is 1.57. The SMILES string of the molecule is O=C1NC(=O)[C@@](c2cccnc2)(C2CCN(CC3CC3)CC2)N1. The highest BCUT2D eigenvalue weighted by Gasteiger charge is 2.53. The number of amides is 3. The van der Waals surface area contributed by atoms with Gasteiger partial charge in [-0.15, -0.1) is 0 Å². The average molecular weight is 314 g/mol. The maximum Gasteiger partial charge on any atom is 0.322 e. The molecule has 2 aliphatic heterocycles. The van der Waals surface area contributed by atoms with Gasteiger partial charge in [0.05, 0.1) is 0 Å². The summed E-state index contributed by atoms with van der Waals surface area (Å²) in [7, 11) is 0. The van der Waals surface area contributed by atoms with Crippen LogP contribution in [-0.2, 0) is 10.3 Å². The lowest BCUT2D eigenvalue weighted by molar-refractivity contribution is -0.127. The zero-order chi connectivity index (χ0) is 15.9. The lowest BCUT2D eigenvalue weighted by Gasteiger charge is -2.40. The van der Waals surface area contributed by atoms with E-state index in [-0.39, 0.29) is 11.8 Å². The van der Waals surface area contributed by atoms with Crippen LogP contribution in [0.2, 0.25) is 0 Å². The highest BCUT2D eigenvalue weighted by Crippen LogP contribution is 2.39. The first kappa shape index (κ1) is 14.6. The van der Waals surface area contributed by atoms with Crippen LogP contribution in [0.15, 0.2) is 24.5 Å². The molecule has 3 aliphatic rings. The molecule has 1 aliphatic carbocycles. The normalized spacial score (nSPS) is 29.4. The Kier molecular flexibility index (Phi) is 3.56. The van der Waals surface area contributed by atoms with Crippen LogP contribution >= 0.6 is 0 Å². The lowest BCUT2D eigenvalue weighted by atomic mass is 9.73. The van der Waals surface area contributed by atoms with Crippen LogP contribution in [0.4, 0.5) is 4.79 Å². The Morgan fingerprint density at radius 1 is 1.22 bits per heavy atom. The summed E-state index contributed by atoms with van der Waals surface area (Å²) < 4.78 is 0. The van der Waals surface area contributed by atoms with Crippen molar-refractivity contribution >= 4 is 11.9 Å². The molecule has 2 saturated heterocycles. The topological polar surface area (TPSA) is 74.3 Å². The standard InChI is InChI=1S/C17H22N4O2/c22-15-17(20-16(23)19-15,14-2-1-7-18-10-14)13-5-8-21(9-6-13)11-12-3-4-12/h1-2,7,10,12-13H,3-6,8-9,11H2,(H2,19,20,22,23)/t17-/m0/s1. The van der Waals surface area contributed by atoms with Crippen LogP contribution in [0.25, 0.3) is 0 Å². The molecule has 6 nitrogen and oxygen atoms in total. The maximum atomic E-state index is 12.6. The van der Waals surface area contributed by atoms with Crippen molar-refractivity contribution in [2.24, 2.45) is 11.8 Å². The van der Waals surface area contributed by atoms with Crippen LogP contribution in [0, 0.1) is 11.8 Å². The fourth-order valence-corrected chi connectivity index (χ4v) is 4.01. The number of pyridine rings is 1. The Morgan fingerprint density at radius 3 is 2.57 bits per heavy atom. The number of urea groups is 1. The Labute approximate surface area is 135 Å². The zero-order valence-electron chi connectivity index (χ0n) is 13.1. The molecule has 1 saturated carbocycles. The first-order chi connectivity index (χ1) is 11.2. The first-order valence-corrected chi connectivity index (χ1v) is 8.45.